The van der Waals surface area contributed by atoms with E-state index in [0.717, 1.165) is 35.9 Å². The van der Waals surface area contributed by atoms with Crippen molar-refractivity contribution in [2.24, 2.45) is 5.73 Å². The monoisotopic (exact) mass is 264 g/mol. The van der Waals surface area contributed by atoms with Crippen molar-refractivity contribution in [1.29, 1.82) is 5.41 Å². The lowest BCUT2D eigenvalue weighted by molar-refractivity contribution is 0.719. The standard InChI is InChI=1S/C13H20N4S/c1-3-11-8-17(4-5-18-11)12-7-10(13(14)15)6-9(2)16-12/h6-7,11H,3-5,8H2,1-2H3,(H3,14,15). The summed E-state index contributed by atoms with van der Waals surface area (Å²) in [5.74, 6) is 2.21. The topological polar surface area (TPSA) is 66.0 Å². The molecule has 1 aliphatic rings. The van der Waals surface area contributed by atoms with Crippen LogP contribution in [0.4, 0.5) is 5.82 Å². The minimum atomic E-state index is 0.111. The summed E-state index contributed by atoms with van der Waals surface area (Å²) in [5.41, 5.74) is 7.26. The van der Waals surface area contributed by atoms with E-state index in [1.807, 2.05) is 30.8 Å². The van der Waals surface area contributed by atoms with Crippen molar-refractivity contribution in [3.8, 4) is 0 Å². The van der Waals surface area contributed by atoms with Gasteiger partial charge in [0.2, 0.25) is 0 Å². The van der Waals surface area contributed by atoms with Crippen molar-refractivity contribution in [3.05, 3.63) is 23.4 Å². The van der Waals surface area contributed by atoms with Gasteiger partial charge in [-0.3, -0.25) is 5.41 Å². The number of rotatable bonds is 3. The summed E-state index contributed by atoms with van der Waals surface area (Å²) in [6, 6.07) is 3.79. The molecule has 1 aliphatic heterocycles. The molecule has 1 atom stereocenters. The van der Waals surface area contributed by atoms with Crippen LogP contribution < -0.4 is 10.6 Å². The van der Waals surface area contributed by atoms with E-state index >= 15 is 0 Å². The molecule has 1 aromatic heterocycles. The second kappa shape index (κ2) is 5.61. The summed E-state index contributed by atoms with van der Waals surface area (Å²) < 4.78 is 0. The number of nitrogens with two attached hydrogens (primary N) is 1. The zero-order valence-electron chi connectivity index (χ0n) is 10.9. The highest BCUT2D eigenvalue weighted by Crippen LogP contribution is 2.25. The highest BCUT2D eigenvalue weighted by atomic mass is 32.2. The van der Waals surface area contributed by atoms with E-state index in [9.17, 15) is 0 Å². The van der Waals surface area contributed by atoms with Crippen molar-refractivity contribution < 1.29 is 0 Å². The molecule has 1 unspecified atom stereocenters. The summed E-state index contributed by atoms with van der Waals surface area (Å²) in [4.78, 5) is 6.88. The summed E-state index contributed by atoms with van der Waals surface area (Å²) in [5, 5.41) is 8.23. The van der Waals surface area contributed by atoms with Gasteiger partial charge in [-0.1, -0.05) is 6.92 Å². The van der Waals surface area contributed by atoms with Crippen LogP contribution in [0.2, 0.25) is 0 Å². The van der Waals surface area contributed by atoms with Gasteiger partial charge in [-0.25, -0.2) is 4.98 Å². The number of nitrogens with one attached hydrogen (secondary N) is 1. The lowest BCUT2D eigenvalue weighted by Crippen LogP contribution is -2.38. The highest BCUT2D eigenvalue weighted by molar-refractivity contribution is 8.00. The number of aryl methyl sites for hydroxylation is 1. The Morgan fingerprint density at radius 2 is 2.39 bits per heavy atom. The van der Waals surface area contributed by atoms with Crippen LogP contribution in [-0.2, 0) is 0 Å². The summed E-state index contributed by atoms with van der Waals surface area (Å²) >= 11 is 2.04. The molecule has 0 radical (unpaired) electrons. The van der Waals surface area contributed by atoms with Gasteiger partial charge in [0.05, 0.1) is 0 Å². The van der Waals surface area contributed by atoms with Crippen LogP contribution in [0, 0.1) is 12.3 Å². The van der Waals surface area contributed by atoms with Crippen molar-refractivity contribution in [2.75, 3.05) is 23.7 Å². The molecule has 2 rings (SSSR count). The Morgan fingerprint density at radius 3 is 3.06 bits per heavy atom. The molecule has 0 spiro atoms. The molecule has 1 saturated heterocycles. The second-order valence-corrected chi connectivity index (χ2v) is 6.02. The highest BCUT2D eigenvalue weighted by Gasteiger charge is 2.20. The largest absolute Gasteiger partial charge is 0.384 e. The second-order valence-electron chi connectivity index (χ2n) is 4.62. The van der Waals surface area contributed by atoms with Gasteiger partial charge in [-0.2, -0.15) is 11.8 Å². The molecule has 0 saturated carbocycles. The zero-order chi connectivity index (χ0) is 13.1. The molecular weight excluding hydrogens is 244 g/mol. The predicted octanol–water partition coefficient (Wildman–Crippen LogP) is 2.01. The van der Waals surface area contributed by atoms with Crippen LogP contribution in [0.3, 0.4) is 0 Å². The first kappa shape index (κ1) is 13.2. The van der Waals surface area contributed by atoms with E-state index in [1.165, 1.54) is 6.42 Å². The molecule has 3 N–H and O–H groups in total. The predicted molar refractivity (Wildman–Crippen MR) is 78.7 cm³/mol. The maximum absolute atomic E-state index is 7.55. The third kappa shape index (κ3) is 2.96. The number of aromatic nitrogens is 1. The molecule has 0 amide bonds. The minimum Gasteiger partial charge on any atom is -0.384 e. The average molecular weight is 264 g/mol. The van der Waals surface area contributed by atoms with Crippen molar-refractivity contribution in [3.63, 3.8) is 0 Å². The number of hydrogen-bond acceptors (Lipinski definition) is 4. The van der Waals surface area contributed by atoms with E-state index in [1.54, 1.807) is 0 Å². The fraction of sp³-hybridized carbons (Fsp3) is 0.538. The van der Waals surface area contributed by atoms with Crippen molar-refractivity contribution >= 4 is 23.4 Å². The van der Waals surface area contributed by atoms with Crippen LogP contribution >= 0.6 is 11.8 Å². The molecule has 1 fully saturated rings. The first-order valence-corrected chi connectivity index (χ1v) is 7.34. The molecule has 0 aliphatic carbocycles. The summed E-state index contributed by atoms with van der Waals surface area (Å²) in [6.07, 6.45) is 1.19. The molecule has 1 aromatic rings. The fourth-order valence-corrected chi connectivity index (χ4v) is 3.32. The summed E-state index contributed by atoms with van der Waals surface area (Å²) in [6.45, 7) is 6.24. The third-order valence-electron chi connectivity index (χ3n) is 3.17. The molecule has 0 bridgehead atoms. The van der Waals surface area contributed by atoms with Gasteiger partial charge in [0.15, 0.2) is 0 Å². The Hall–Kier alpha value is -1.23. The number of anilines is 1. The Morgan fingerprint density at radius 1 is 1.61 bits per heavy atom. The number of pyridine rings is 1. The smallest absolute Gasteiger partial charge is 0.129 e. The van der Waals surface area contributed by atoms with Gasteiger partial charge in [-0.15, -0.1) is 0 Å². The van der Waals surface area contributed by atoms with Gasteiger partial charge >= 0.3 is 0 Å². The maximum Gasteiger partial charge on any atom is 0.129 e. The third-order valence-corrected chi connectivity index (χ3v) is 4.54. The first-order valence-electron chi connectivity index (χ1n) is 6.29. The minimum absolute atomic E-state index is 0.111. The van der Waals surface area contributed by atoms with Crippen LogP contribution in [0.1, 0.15) is 24.6 Å². The molecule has 98 valence electrons. The van der Waals surface area contributed by atoms with Crippen molar-refractivity contribution in [1.82, 2.24) is 4.98 Å². The molecule has 0 aromatic carbocycles. The van der Waals surface area contributed by atoms with E-state index in [4.69, 9.17) is 11.1 Å². The molecule has 18 heavy (non-hydrogen) atoms. The lowest BCUT2D eigenvalue weighted by Gasteiger charge is -2.33. The van der Waals surface area contributed by atoms with E-state index in [2.05, 4.69) is 16.8 Å². The van der Waals surface area contributed by atoms with Crippen LogP contribution in [-0.4, -0.2) is 34.9 Å². The van der Waals surface area contributed by atoms with Gasteiger partial charge in [0.25, 0.3) is 0 Å². The maximum atomic E-state index is 7.55. The summed E-state index contributed by atoms with van der Waals surface area (Å²) in [7, 11) is 0. The molecular formula is C13H20N4S. The number of nitrogen functional groups attached to an aromatic ring is 1. The Balaban J connectivity index is 2.24. The Labute approximate surface area is 112 Å². The lowest BCUT2D eigenvalue weighted by atomic mass is 10.2. The number of thioether (sulfide) groups is 1. The van der Waals surface area contributed by atoms with Gasteiger partial charge in [0.1, 0.15) is 11.7 Å². The van der Waals surface area contributed by atoms with Crippen LogP contribution in [0.5, 0.6) is 0 Å². The van der Waals surface area contributed by atoms with Crippen LogP contribution in [0.15, 0.2) is 12.1 Å². The van der Waals surface area contributed by atoms with Gasteiger partial charge < -0.3 is 10.6 Å². The quantitative estimate of drug-likeness (QED) is 0.647. The normalized spacial score (nSPS) is 19.9. The zero-order valence-corrected chi connectivity index (χ0v) is 11.8. The molecule has 2 heterocycles. The van der Waals surface area contributed by atoms with Gasteiger partial charge in [-0.05, 0) is 25.5 Å². The molecule has 4 nitrogen and oxygen atoms in total. The number of amidine groups is 1. The van der Waals surface area contributed by atoms with Crippen LogP contribution in [0.25, 0.3) is 0 Å². The molecule has 5 heteroatoms. The fourth-order valence-electron chi connectivity index (χ4n) is 2.14. The Bertz CT molecular complexity index is 447. The van der Waals surface area contributed by atoms with Crippen molar-refractivity contribution in [2.45, 2.75) is 25.5 Å². The average Bonchev–Trinajstić information content (AvgIpc) is 2.38. The first-order chi connectivity index (χ1) is 8.60. The number of hydrogen-bond donors (Lipinski definition) is 2. The Kier molecular flexibility index (Phi) is 4.11. The SMILES string of the molecule is CCC1CN(c2cc(C(=N)N)cc(C)n2)CCS1. The van der Waals surface area contributed by atoms with Gasteiger partial charge in [0, 0.05) is 35.3 Å². The van der Waals surface area contributed by atoms with E-state index in [-0.39, 0.29) is 5.84 Å². The van der Waals surface area contributed by atoms with E-state index < -0.39 is 0 Å². The van der Waals surface area contributed by atoms with E-state index in [0.29, 0.717) is 5.25 Å². The number of nitrogens with zero attached hydrogens (tertiary/aromatic N) is 2.